The number of aliphatic hydroxyl groups is 1. The minimum Gasteiger partial charge on any atom is -0.395 e. The van der Waals surface area contributed by atoms with Gasteiger partial charge in [-0.15, -0.1) is 0 Å². The fourth-order valence-corrected chi connectivity index (χ4v) is 5.87. The molecular weight excluding hydrogens is 652 g/mol. The lowest BCUT2D eigenvalue weighted by molar-refractivity contribution is 0.0912. The van der Waals surface area contributed by atoms with Gasteiger partial charge in [0.05, 0.1) is 12.3 Å². The van der Waals surface area contributed by atoms with Crippen molar-refractivity contribution in [3.8, 4) is 0 Å². The van der Waals surface area contributed by atoms with Crippen molar-refractivity contribution in [3.63, 3.8) is 0 Å². The van der Waals surface area contributed by atoms with E-state index < -0.39 is 17.7 Å². The van der Waals surface area contributed by atoms with E-state index in [-0.39, 0.29) is 29.9 Å². The first-order valence-electron chi connectivity index (χ1n) is 16.6. The fourth-order valence-electron chi connectivity index (χ4n) is 5.87. The van der Waals surface area contributed by atoms with Gasteiger partial charge in [0.2, 0.25) is 5.82 Å². The molecule has 15 heteroatoms. The van der Waals surface area contributed by atoms with Gasteiger partial charge < -0.3 is 35.5 Å². The third kappa shape index (κ3) is 8.64. The normalized spacial score (nSPS) is 13.5. The van der Waals surface area contributed by atoms with Crippen LogP contribution in [0.3, 0.4) is 0 Å². The van der Waals surface area contributed by atoms with E-state index in [1.165, 1.54) is 0 Å². The van der Waals surface area contributed by atoms with Gasteiger partial charge in [0.25, 0.3) is 23.6 Å². The van der Waals surface area contributed by atoms with Gasteiger partial charge in [0.15, 0.2) is 5.82 Å². The molecular formula is C36H40N10O5. The number of piperazine rings is 1. The van der Waals surface area contributed by atoms with Crippen molar-refractivity contribution in [2.24, 2.45) is 14.1 Å². The number of amides is 4. The highest BCUT2D eigenvalue weighted by Gasteiger charge is 2.19. The molecule has 1 aliphatic heterocycles. The first kappa shape index (κ1) is 34.9. The Morgan fingerprint density at radius 3 is 2.14 bits per heavy atom. The van der Waals surface area contributed by atoms with Crippen LogP contribution < -0.4 is 21.3 Å². The fraction of sp³-hybridized carbons (Fsp3) is 0.278. The summed E-state index contributed by atoms with van der Waals surface area (Å²) in [4.78, 5) is 64.7. The number of aromatic nitrogens is 4. The van der Waals surface area contributed by atoms with E-state index >= 15 is 0 Å². The quantitative estimate of drug-likeness (QED) is 0.131. The molecule has 15 nitrogen and oxygen atoms in total. The van der Waals surface area contributed by atoms with E-state index in [0.717, 1.165) is 37.0 Å². The second kappa shape index (κ2) is 15.8. The Kier molecular flexibility index (Phi) is 10.8. The van der Waals surface area contributed by atoms with Crippen molar-refractivity contribution in [1.29, 1.82) is 0 Å². The molecule has 1 fully saturated rings. The highest BCUT2D eigenvalue weighted by atomic mass is 16.3. The minimum atomic E-state index is -0.429. The number of imidazole rings is 1. The monoisotopic (exact) mass is 692 g/mol. The molecule has 0 unspecified atom stereocenters. The van der Waals surface area contributed by atoms with Crippen LogP contribution >= 0.6 is 0 Å². The number of hydrogen-bond donors (Lipinski definition) is 5. The summed E-state index contributed by atoms with van der Waals surface area (Å²) in [5, 5.41) is 22.1. The molecule has 0 bridgehead atoms. The number of carbonyl (C=O) groups is 4. The van der Waals surface area contributed by atoms with Crippen molar-refractivity contribution in [3.05, 3.63) is 102 Å². The van der Waals surface area contributed by atoms with E-state index in [9.17, 15) is 19.2 Å². The van der Waals surface area contributed by atoms with Gasteiger partial charge in [0, 0.05) is 95.1 Å². The Hall–Kier alpha value is -5.90. The number of nitrogens with one attached hydrogen (secondary N) is 4. The molecule has 0 saturated carbocycles. The molecule has 2 aromatic carbocycles. The van der Waals surface area contributed by atoms with Gasteiger partial charge >= 0.3 is 0 Å². The standard InChI is InChI=1S/C36H40N10O5/c1-43-22-28(40-34(49)29-19-25-5-3-4-6-26(25)21-38-29)20-30(43)35(50)39-27-9-7-24(8-10-27)33(48)42-31-23-44(2)32(41-31)36(51)37-11-12-45-13-15-46(16-14-45)17-18-47/h3-10,19-23,47H,11-18H2,1-2H3,(H,37,51)(H,39,50)(H,40,49)(H,42,48). The van der Waals surface area contributed by atoms with Crippen molar-refractivity contribution in [2.75, 3.05) is 68.4 Å². The summed E-state index contributed by atoms with van der Waals surface area (Å²) in [7, 11) is 3.38. The van der Waals surface area contributed by atoms with Crippen LogP contribution in [-0.2, 0) is 14.1 Å². The number of aryl methyl sites for hydroxylation is 2. The number of benzene rings is 2. The molecule has 1 saturated heterocycles. The number of β-amino-alcohol motifs (C(OH)–C–C–N with tert-alkyl or cyclic N) is 1. The zero-order chi connectivity index (χ0) is 35.9. The van der Waals surface area contributed by atoms with Gasteiger partial charge in [-0.1, -0.05) is 24.3 Å². The Labute approximate surface area is 294 Å². The van der Waals surface area contributed by atoms with Crippen LogP contribution in [0.1, 0.15) is 42.0 Å². The van der Waals surface area contributed by atoms with E-state index in [2.05, 4.69) is 41.0 Å². The van der Waals surface area contributed by atoms with Crippen molar-refractivity contribution < 1.29 is 24.3 Å². The van der Waals surface area contributed by atoms with Crippen molar-refractivity contribution in [1.82, 2.24) is 34.2 Å². The Morgan fingerprint density at radius 2 is 1.41 bits per heavy atom. The van der Waals surface area contributed by atoms with Crippen LogP contribution in [0.2, 0.25) is 0 Å². The Morgan fingerprint density at radius 1 is 0.725 bits per heavy atom. The van der Waals surface area contributed by atoms with Gasteiger partial charge in [0.1, 0.15) is 11.4 Å². The first-order valence-corrected chi connectivity index (χ1v) is 16.6. The summed E-state index contributed by atoms with van der Waals surface area (Å²) in [6.45, 7) is 5.53. The largest absolute Gasteiger partial charge is 0.395 e. The number of rotatable bonds is 12. The van der Waals surface area contributed by atoms with Crippen LogP contribution in [0.15, 0.2) is 79.3 Å². The average Bonchev–Trinajstić information content (AvgIpc) is 3.69. The minimum absolute atomic E-state index is 0.155. The molecule has 4 heterocycles. The second-order valence-corrected chi connectivity index (χ2v) is 12.3. The Balaban J connectivity index is 0.983. The lowest BCUT2D eigenvalue weighted by atomic mass is 10.1. The first-order chi connectivity index (χ1) is 24.7. The second-order valence-electron chi connectivity index (χ2n) is 12.3. The number of hydrogen-bond acceptors (Lipinski definition) is 9. The van der Waals surface area contributed by atoms with E-state index in [4.69, 9.17) is 5.11 Å². The molecule has 5 aromatic rings. The average molecular weight is 693 g/mol. The highest BCUT2D eigenvalue weighted by molar-refractivity contribution is 6.08. The van der Waals surface area contributed by atoms with Crippen LogP contribution in [0.25, 0.3) is 10.8 Å². The molecule has 0 aliphatic carbocycles. The predicted octanol–water partition coefficient (Wildman–Crippen LogP) is 2.40. The van der Waals surface area contributed by atoms with Gasteiger partial charge in [-0.2, -0.15) is 0 Å². The van der Waals surface area contributed by atoms with Gasteiger partial charge in [-0.05, 0) is 41.8 Å². The summed E-state index contributed by atoms with van der Waals surface area (Å²) in [5.41, 5.74) is 1.80. The Bertz CT molecular complexity index is 2050. The molecule has 0 radical (unpaired) electrons. The zero-order valence-electron chi connectivity index (χ0n) is 28.4. The SMILES string of the molecule is Cn1cc(NC(=O)c2cc3ccccc3cn2)cc1C(=O)Nc1ccc(C(=O)Nc2cn(C)c(C(=O)NCCN3CCN(CCO)CC3)n2)cc1. The van der Waals surface area contributed by atoms with Gasteiger partial charge in [-0.3, -0.25) is 34.0 Å². The number of anilines is 3. The molecule has 4 amide bonds. The number of pyridine rings is 1. The third-order valence-electron chi connectivity index (χ3n) is 8.68. The molecule has 51 heavy (non-hydrogen) atoms. The molecule has 0 atom stereocenters. The molecule has 3 aromatic heterocycles. The van der Waals surface area contributed by atoms with Crippen LogP contribution in [0.4, 0.5) is 17.2 Å². The van der Waals surface area contributed by atoms with Crippen molar-refractivity contribution in [2.45, 2.75) is 0 Å². The number of carbonyl (C=O) groups excluding carboxylic acids is 4. The zero-order valence-corrected chi connectivity index (χ0v) is 28.4. The van der Waals surface area contributed by atoms with Crippen LogP contribution in [-0.4, -0.2) is 110 Å². The topological polar surface area (TPSA) is 179 Å². The van der Waals surface area contributed by atoms with Crippen LogP contribution in [0.5, 0.6) is 0 Å². The molecule has 6 rings (SSSR count). The summed E-state index contributed by atoms with van der Waals surface area (Å²) < 4.78 is 3.16. The number of fused-ring (bicyclic) bond motifs is 1. The lowest BCUT2D eigenvalue weighted by Crippen LogP contribution is -2.49. The van der Waals surface area contributed by atoms with E-state index in [0.29, 0.717) is 42.3 Å². The van der Waals surface area contributed by atoms with Crippen LogP contribution in [0, 0.1) is 0 Å². The maximum atomic E-state index is 13.1. The molecule has 5 N–H and O–H groups in total. The third-order valence-corrected chi connectivity index (χ3v) is 8.68. The summed E-state index contributed by atoms with van der Waals surface area (Å²) in [6, 6.07) is 17.3. The molecule has 1 aliphatic rings. The summed E-state index contributed by atoms with van der Waals surface area (Å²) in [5.74, 6) is -1.17. The molecule has 264 valence electrons. The predicted molar refractivity (Wildman–Crippen MR) is 193 cm³/mol. The number of nitrogens with zero attached hydrogens (tertiary/aromatic N) is 6. The number of aliphatic hydroxyl groups excluding tert-OH is 1. The summed E-state index contributed by atoms with van der Waals surface area (Å²) in [6.07, 6.45) is 4.85. The molecule has 0 spiro atoms. The van der Waals surface area contributed by atoms with E-state index in [1.54, 1.807) is 78.2 Å². The smallest absolute Gasteiger partial charge is 0.287 e. The maximum absolute atomic E-state index is 13.1. The van der Waals surface area contributed by atoms with E-state index in [1.807, 2.05) is 24.3 Å². The van der Waals surface area contributed by atoms with Gasteiger partial charge in [-0.25, -0.2) is 4.98 Å². The maximum Gasteiger partial charge on any atom is 0.287 e. The lowest BCUT2D eigenvalue weighted by Gasteiger charge is -2.34. The highest BCUT2D eigenvalue weighted by Crippen LogP contribution is 2.19. The summed E-state index contributed by atoms with van der Waals surface area (Å²) >= 11 is 0. The van der Waals surface area contributed by atoms with Crippen molar-refractivity contribution >= 4 is 51.6 Å².